The number of nitrogens with two attached hydrogens (primary N) is 1. The van der Waals surface area contributed by atoms with Crippen molar-refractivity contribution >= 4 is 0 Å². The van der Waals surface area contributed by atoms with Gasteiger partial charge in [-0.05, 0) is 23.7 Å². The van der Waals surface area contributed by atoms with Gasteiger partial charge in [0.15, 0.2) is 0 Å². The van der Waals surface area contributed by atoms with E-state index in [-0.39, 0.29) is 6.04 Å². The first-order valence-electron chi connectivity index (χ1n) is 4.64. The Labute approximate surface area is 76.0 Å². The predicted octanol–water partition coefficient (Wildman–Crippen LogP) is 2.57. The van der Waals surface area contributed by atoms with Gasteiger partial charge >= 0.3 is 0 Å². The summed E-state index contributed by atoms with van der Waals surface area (Å²) in [6.07, 6.45) is 0. The van der Waals surface area contributed by atoms with Crippen LogP contribution in [0.2, 0.25) is 0 Å². The van der Waals surface area contributed by atoms with E-state index < -0.39 is 0 Å². The second kappa shape index (κ2) is 2.35. The zero-order chi connectivity index (χ0) is 9.73. The Kier molecular flexibility index (Phi) is 1.92. The Morgan fingerprint density at radius 2 is 1.58 bits per heavy atom. The smallest absolute Gasteiger partial charge is 0.0287 e. The van der Waals surface area contributed by atoms with Crippen molar-refractivity contribution in [3.05, 3.63) is 12.2 Å². The molecule has 0 aromatic rings. The van der Waals surface area contributed by atoms with Gasteiger partial charge in [-0.1, -0.05) is 39.8 Å². The quantitative estimate of drug-likeness (QED) is 0.628. The Balaban J connectivity index is 2.77. The minimum absolute atomic E-state index is 0.176. The zero-order valence-electron chi connectivity index (χ0n) is 8.94. The molecule has 1 saturated carbocycles. The van der Waals surface area contributed by atoms with Crippen LogP contribution in [0.1, 0.15) is 34.6 Å². The molecule has 0 radical (unpaired) electrons. The lowest BCUT2D eigenvalue weighted by Crippen LogP contribution is -2.26. The number of hydrogen-bond donors (Lipinski definition) is 1. The van der Waals surface area contributed by atoms with Crippen LogP contribution in [0.4, 0.5) is 0 Å². The molecule has 0 aromatic carbocycles. The number of rotatable bonds is 2. The fourth-order valence-electron chi connectivity index (χ4n) is 2.43. The second-order valence-corrected chi connectivity index (χ2v) is 5.29. The fourth-order valence-corrected chi connectivity index (χ4v) is 2.43. The predicted molar refractivity (Wildman–Crippen MR) is 53.8 cm³/mol. The highest BCUT2D eigenvalue weighted by atomic mass is 14.8. The molecule has 0 amide bonds. The fraction of sp³-hybridized carbons (Fsp3) is 0.818. The molecule has 12 heavy (non-hydrogen) atoms. The van der Waals surface area contributed by atoms with E-state index >= 15 is 0 Å². The van der Waals surface area contributed by atoms with Gasteiger partial charge in [-0.25, -0.2) is 0 Å². The summed E-state index contributed by atoms with van der Waals surface area (Å²) >= 11 is 0. The number of hydrogen-bond acceptors (Lipinski definition) is 1. The summed E-state index contributed by atoms with van der Waals surface area (Å²) in [4.78, 5) is 0. The molecule has 1 aliphatic carbocycles. The Bertz CT molecular complexity index is 199. The summed E-state index contributed by atoms with van der Waals surface area (Å²) in [5.41, 5.74) is 7.94. The van der Waals surface area contributed by atoms with Crippen LogP contribution in [0.15, 0.2) is 12.2 Å². The molecule has 70 valence electrons. The third kappa shape index (κ3) is 1.03. The van der Waals surface area contributed by atoms with Gasteiger partial charge in [-0.2, -0.15) is 0 Å². The maximum atomic E-state index is 6.07. The first-order valence-corrected chi connectivity index (χ1v) is 4.64. The monoisotopic (exact) mass is 167 g/mol. The van der Waals surface area contributed by atoms with Gasteiger partial charge in [0.2, 0.25) is 0 Å². The highest BCUT2D eigenvalue weighted by Crippen LogP contribution is 2.69. The van der Waals surface area contributed by atoms with Crippen molar-refractivity contribution in [2.45, 2.75) is 40.7 Å². The Hall–Kier alpha value is -0.300. The summed E-state index contributed by atoms with van der Waals surface area (Å²) in [6.45, 7) is 15.1. The van der Waals surface area contributed by atoms with Crippen LogP contribution in [0, 0.1) is 16.7 Å². The van der Waals surface area contributed by atoms with Crippen LogP contribution in [-0.2, 0) is 0 Å². The topological polar surface area (TPSA) is 26.0 Å². The molecule has 0 aromatic heterocycles. The Morgan fingerprint density at radius 3 is 1.67 bits per heavy atom. The van der Waals surface area contributed by atoms with Crippen molar-refractivity contribution in [2.75, 3.05) is 0 Å². The van der Waals surface area contributed by atoms with E-state index in [0.717, 1.165) is 5.57 Å². The van der Waals surface area contributed by atoms with Gasteiger partial charge in [0, 0.05) is 6.04 Å². The van der Waals surface area contributed by atoms with E-state index in [0.29, 0.717) is 16.7 Å². The summed E-state index contributed by atoms with van der Waals surface area (Å²) < 4.78 is 0. The van der Waals surface area contributed by atoms with Crippen molar-refractivity contribution in [3.8, 4) is 0 Å². The molecule has 0 heterocycles. The summed E-state index contributed by atoms with van der Waals surface area (Å²) in [5.74, 6) is 0.600. The van der Waals surface area contributed by atoms with Crippen molar-refractivity contribution < 1.29 is 0 Å². The molecule has 0 spiro atoms. The molecule has 1 aliphatic rings. The molecule has 0 bridgehead atoms. The lowest BCUT2D eigenvalue weighted by molar-refractivity contribution is 0.457. The second-order valence-electron chi connectivity index (χ2n) is 5.29. The molecule has 2 N–H and O–H groups in total. The van der Waals surface area contributed by atoms with Gasteiger partial charge in [0.05, 0.1) is 0 Å². The van der Waals surface area contributed by atoms with Crippen molar-refractivity contribution in [3.63, 3.8) is 0 Å². The van der Waals surface area contributed by atoms with Gasteiger partial charge in [0.1, 0.15) is 0 Å². The van der Waals surface area contributed by atoms with E-state index in [1.807, 2.05) is 6.92 Å². The first-order chi connectivity index (χ1) is 5.23. The lowest BCUT2D eigenvalue weighted by Gasteiger charge is -2.12. The minimum atomic E-state index is 0.176. The maximum absolute atomic E-state index is 6.07. The van der Waals surface area contributed by atoms with Crippen molar-refractivity contribution in [1.82, 2.24) is 0 Å². The summed E-state index contributed by atoms with van der Waals surface area (Å²) in [6, 6.07) is 0.176. The van der Waals surface area contributed by atoms with Crippen LogP contribution in [-0.4, -0.2) is 6.04 Å². The van der Waals surface area contributed by atoms with E-state index in [1.54, 1.807) is 0 Å². The largest absolute Gasteiger partial charge is 0.324 e. The van der Waals surface area contributed by atoms with E-state index in [2.05, 4.69) is 34.3 Å². The molecule has 1 heteroatoms. The molecule has 0 aliphatic heterocycles. The highest BCUT2D eigenvalue weighted by molar-refractivity contribution is 5.22. The Morgan fingerprint density at radius 1 is 1.25 bits per heavy atom. The van der Waals surface area contributed by atoms with Gasteiger partial charge in [-0.3, -0.25) is 0 Å². The van der Waals surface area contributed by atoms with Gasteiger partial charge in [0.25, 0.3) is 0 Å². The van der Waals surface area contributed by atoms with Crippen LogP contribution in [0.5, 0.6) is 0 Å². The van der Waals surface area contributed by atoms with Crippen LogP contribution in [0.3, 0.4) is 0 Å². The summed E-state index contributed by atoms with van der Waals surface area (Å²) in [7, 11) is 0. The van der Waals surface area contributed by atoms with Crippen LogP contribution >= 0.6 is 0 Å². The standard InChI is InChI=1S/C11H21N/c1-7(2)8(12)9-10(3,4)11(9,5)6/h8-9H,1,12H2,2-6H3. The lowest BCUT2D eigenvalue weighted by atomic mass is 10.00. The van der Waals surface area contributed by atoms with Gasteiger partial charge < -0.3 is 5.73 Å². The maximum Gasteiger partial charge on any atom is 0.0287 e. The summed E-state index contributed by atoms with van der Waals surface area (Å²) in [5, 5.41) is 0. The molecule has 1 fully saturated rings. The molecule has 1 atom stereocenters. The third-order valence-corrected chi connectivity index (χ3v) is 4.06. The molecule has 0 saturated heterocycles. The van der Waals surface area contributed by atoms with E-state index in [4.69, 9.17) is 5.73 Å². The molecule has 1 rings (SSSR count). The van der Waals surface area contributed by atoms with E-state index in [9.17, 15) is 0 Å². The minimum Gasteiger partial charge on any atom is -0.324 e. The van der Waals surface area contributed by atoms with Crippen molar-refractivity contribution in [1.29, 1.82) is 0 Å². The molecule has 1 unspecified atom stereocenters. The van der Waals surface area contributed by atoms with E-state index in [1.165, 1.54) is 0 Å². The highest BCUT2D eigenvalue weighted by Gasteiger charge is 2.66. The third-order valence-electron chi connectivity index (χ3n) is 4.06. The molecular formula is C11H21N. The normalized spacial score (nSPS) is 28.2. The van der Waals surface area contributed by atoms with Crippen LogP contribution < -0.4 is 5.73 Å². The zero-order valence-corrected chi connectivity index (χ0v) is 8.94. The average Bonchev–Trinajstić information content (AvgIpc) is 2.23. The SMILES string of the molecule is C=C(C)C(N)C1C(C)(C)C1(C)C. The van der Waals surface area contributed by atoms with Crippen LogP contribution in [0.25, 0.3) is 0 Å². The van der Waals surface area contributed by atoms with Crippen molar-refractivity contribution in [2.24, 2.45) is 22.5 Å². The molecular weight excluding hydrogens is 146 g/mol. The first kappa shape index (κ1) is 9.79. The van der Waals surface area contributed by atoms with Gasteiger partial charge in [-0.15, -0.1) is 0 Å². The average molecular weight is 167 g/mol. The molecule has 1 nitrogen and oxygen atoms in total.